The molecule has 1 aliphatic heterocycles. The van der Waals surface area contributed by atoms with Gasteiger partial charge < -0.3 is 10.6 Å². The summed E-state index contributed by atoms with van der Waals surface area (Å²) in [7, 11) is 0. The van der Waals surface area contributed by atoms with E-state index in [1.54, 1.807) is 0 Å². The van der Waals surface area contributed by atoms with Crippen molar-refractivity contribution in [3.05, 3.63) is 0 Å². The van der Waals surface area contributed by atoms with Crippen molar-refractivity contribution in [2.75, 3.05) is 6.54 Å². The predicted octanol–water partition coefficient (Wildman–Crippen LogP) is 1.93. The van der Waals surface area contributed by atoms with Crippen LogP contribution in [0.4, 0.5) is 0 Å². The lowest BCUT2D eigenvalue weighted by atomic mass is 9.86. The van der Waals surface area contributed by atoms with Gasteiger partial charge in [-0.15, -0.1) is 0 Å². The Morgan fingerprint density at radius 2 is 2.06 bits per heavy atom. The molecule has 1 rings (SSSR count). The van der Waals surface area contributed by atoms with Gasteiger partial charge in [-0.05, 0) is 38.6 Å². The third-order valence-corrected chi connectivity index (χ3v) is 3.65. The maximum absolute atomic E-state index is 12.1. The Morgan fingerprint density at radius 3 is 2.56 bits per heavy atom. The Kier molecular flexibility index (Phi) is 4.36. The van der Waals surface area contributed by atoms with Gasteiger partial charge in [-0.3, -0.25) is 4.79 Å². The van der Waals surface area contributed by atoms with E-state index in [1.807, 2.05) is 0 Å². The Labute approximate surface area is 99.4 Å². The lowest BCUT2D eigenvalue weighted by molar-refractivity contribution is -0.127. The van der Waals surface area contributed by atoms with Gasteiger partial charge in [-0.25, -0.2) is 0 Å². The molecule has 0 aromatic carbocycles. The number of rotatable bonds is 2. The van der Waals surface area contributed by atoms with Gasteiger partial charge in [0.2, 0.25) is 5.91 Å². The van der Waals surface area contributed by atoms with Crippen LogP contribution in [-0.4, -0.2) is 24.5 Å². The Bertz CT molecular complexity index is 245. The topological polar surface area (TPSA) is 41.1 Å². The average Bonchev–Trinajstić information content (AvgIpc) is 2.16. The number of hydrogen-bond donors (Lipinski definition) is 2. The molecular weight excluding hydrogens is 200 g/mol. The first-order valence-electron chi connectivity index (χ1n) is 6.34. The second-order valence-corrected chi connectivity index (χ2v) is 6.17. The van der Waals surface area contributed by atoms with Crippen molar-refractivity contribution in [3.8, 4) is 0 Å². The van der Waals surface area contributed by atoms with Crippen LogP contribution in [0.15, 0.2) is 0 Å². The lowest BCUT2D eigenvalue weighted by Gasteiger charge is -2.32. The molecule has 1 aliphatic rings. The SMILES string of the molecule is CC1CC(C(=O)NC(C)C(C)(C)C)CCN1. The van der Waals surface area contributed by atoms with E-state index in [0.717, 1.165) is 19.4 Å². The van der Waals surface area contributed by atoms with E-state index >= 15 is 0 Å². The summed E-state index contributed by atoms with van der Waals surface area (Å²) in [5.41, 5.74) is 0.133. The van der Waals surface area contributed by atoms with Crippen molar-refractivity contribution in [3.63, 3.8) is 0 Å². The van der Waals surface area contributed by atoms with Gasteiger partial charge in [-0.1, -0.05) is 20.8 Å². The van der Waals surface area contributed by atoms with E-state index in [2.05, 4.69) is 45.3 Å². The van der Waals surface area contributed by atoms with Crippen LogP contribution < -0.4 is 10.6 Å². The highest BCUT2D eigenvalue weighted by Gasteiger charge is 2.28. The van der Waals surface area contributed by atoms with Crippen LogP contribution in [0.25, 0.3) is 0 Å². The average molecular weight is 226 g/mol. The fourth-order valence-corrected chi connectivity index (χ4v) is 1.92. The third kappa shape index (κ3) is 3.78. The summed E-state index contributed by atoms with van der Waals surface area (Å²) < 4.78 is 0. The molecule has 0 aromatic rings. The van der Waals surface area contributed by atoms with E-state index in [1.165, 1.54) is 0 Å². The molecule has 1 fully saturated rings. The van der Waals surface area contributed by atoms with Gasteiger partial charge in [0.05, 0.1) is 0 Å². The third-order valence-electron chi connectivity index (χ3n) is 3.65. The maximum Gasteiger partial charge on any atom is 0.223 e. The summed E-state index contributed by atoms with van der Waals surface area (Å²) in [6.07, 6.45) is 1.93. The number of carbonyl (C=O) groups is 1. The standard InChI is InChI=1S/C13H26N2O/c1-9-8-11(6-7-14-9)12(16)15-10(2)13(3,4)5/h9-11,14H,6-8H2,1-5H3,(H,15,16). The molecule has 3 atom stereocenters. The second-order valence-electron chi connectivity index (χ2n) is 6.17. The first kappa shape index (κ1) is 13.5. The summed E-state index contributed by atoms with van der Waals surface area (Å²) in [4.78, 5) is 12.1. The van der Waals surface area contributed by atoms with E-state index in [0.29, 0.717) is 6.04 Å². The molecular formula is C13H26N2O. The number of carbonyl (C=O) groups excluding carboxylic acids is 1. The molecule has 0 spiro atoms. The first-order valence-corrected chi connectivity index (χ1v) is 6.34. The predicted molar refractivity (Wildman–Crippen MR) is 67.2 cm³/mol. The summed E-state index contributed by atoms with van der Waals surface area (Å²) in [5, 5.41) is 6.51. The molecule has 0 bridgehead atoms. The van der Waals surface area contributed by atoms with Gasteiger partial charge in [0, 0.05) is 18.0 Å². The van der Waals surface area contributed by atoms with Crippen LogP contribution in [0.3, 0.4) is 0 Å². The highest BCUT2D eigenvalue weighted by molar-refractivity contribution is 5.79. The summed E-state index contributed by atoms with van der Waals surface area (Å²) in [6.45, 7) is 11.7. The highest BCUT2D eigenvalue weighted by Crippen LogP contribution is 2.21. The number of amides is 1. The van der Waals surface area contributed by atoms with Gasteiger partial charge in [0.1, 0.15) is 0 Å². The zero-order chi connectivity index (χ0) is 12.3. The normalized spacial score (nSPS) is 28.6. The van der Waals surface area contributed by atoms with Crippen LogP contribution >= 0.6 is 0 Å². The number of nitrogens with one attached hydrogen (secondary N) is 2. The summed E-state index contributed by atoms with van der Waals surface area (Å²) >= 11 is 0. The Balaban J connectivity index is 2.46. The van der Waals surface area contributed by atoms with Crippen LogP contribution in [0, 0.1) is 11.3 Å². The number of hydrogen-bond acceptors (Lipinski definition) is 2. The van der Waals surface area contributed by atoms with Gasteiger partial charge in [0.15, 0.2) is 0 Å². The van der Waals surface area contributed by atoms with Crippen molar-refractivity contribution in [1.82, 2.24) is 10.6 Å². The molecule has 1 heterocycles. The second kappa shape index (κ2) is 5.17. The zero-order valence-electron chi connectivity index (χ0n) is 11.3. The van der Waals surface area contributed by atoms with Crippen LogP contribution in [-0.2, 0) is 4.79 Å². The van der Waals surface area contributed by atoms with Crippen molar-refractivity contribution in [2.24, 2.45) is 11.3 Å². The van der Waals surface area contributed by atoms with Crippen molar-refractivity contribution in [2.45, 2.75) is 59.5 Å². The molecule has 2 N–H and O–H groups in total. The van der Waals surface area contributed by atoms with Crippen LogP contribution in [0.5, 0.6) is 0 Å². The molecule has 1 saturated heterocycles. The summed E-state index contributed by atoms with van der Waals surface area (Å²) in [5.74, 6) is 0.428. The van der Waals surface area contributed by atoms with Gasteiger partial charge in [0.25, 0.3) is 0 Å². The fraction of sp³-hybridized carbons (Fsp3) is 0.923. The maximum atomic E-state index is 12.1. The van der Waals surface area contributed by atoms with E-state index in [4.69, 9.17) is 0 Å². The largest absolute Gasteiger partial charge is 0.353 e. The van der Waals surface area contributed by atoms with Crippen LogP contribution in [0.1, 0.15) is 47.5 Å². The minimum atomic E-state index is 0.133. The highest BCUT2D eigenvalue weighted by atomic mass is 16.1. The van der Waals surface area contributed by atoms with Gasteiger partial charge in [-0.2, -0.15) is 0 Å². The van der Waals surface area contributed by atoms with Crippen molar-refractivity contribution in [1.29, 1.82) is 0 Å². The first-order chi connectivity index (χ1) is 7.30. The van der Waals surface area contributed by atoms with E-state index in [9.17, 15) is 4.79 Å². The molecule has 0 aliphatic carbocycles. The summed E-state index contributed by atoms with van der Waals surface area (Å²) in [6, 6.07) is 0.694. The molecule has 94 valence electrons. The molecule has 3 heteroatoms. The minimum absolute atomic E-state index is 0.133. The molecule has 16 heavy (non-hydrogen) atoms. The number of piperidine rings is 1. The minimum Gasteiger partial charge on any atom is -0.353 e. The Hall–Kier alpha value is -0.570. The monoisotopic (exact) mass is 226 g/mol. The van der Waals surface area contributed by atoms with Gasteiger partial charge >= 0.3 is 0 Å². The quantitative estimate of drug-likeness (QED) is 0.755. The lowest BCUT2D eigenvalue weighted by Crippen LogP contribution is -2.47. The van der Waals surface area contributed by atoms with E-state index in [-0.39, 0.29) is 23.3 Å². The smallest absolute Gasteiger partial charge is 0.223 e. The molecule has 0 radical (unpaired) electrons. The van der Waals surface area contributed by atoms with Crippen LogP contribution in [0.2, 0.25) is 0 Å². The molecule has 3 unspecified atom stereocenters. The Morgan fingerprint density at radius 1 is 1.44 bits per heavy atom. The van der Waals surface area contributed by atoms with Crippen molar-refractivity contribution >= 4 is 5.91 Å². The fourth-order valence-electron chi connectivity index (χ4n) is 1.92. The van der Waals surface area contributed by atoms with E-state index < -0.39 is 0 Å². The zero-order valence-corrected chi connectivity index (χ0v) is 11.3. The molecule has 3 nitrogen and oxygen atoms in total. The molecule has 1 amide bonds. The molecule has 0 saturated carbocycles. The molecule has 0 aromatic heterocycles. The van der Waals surface area contributed by atoms with Crippen molar-refractivity contribution < 1.29 is 4.79 Å².